The second-order valence-corrected chi connectivity index (χ2v) is 6.16. The van der Waals surface area contributed by atoms with Gasteiger partial charge in [0.15, 0.2) is 0 Å². The molecule has 0 saturated carbocycles. The van der Waals surface area contributed by atoms with Gasteiger partial charge in [-0.1, -0.05) is 17.7 Å². The summed E-state index contributed by atoms with van der Waals surface area (Å²) in [5.74, 6) is -0.471. The number of carbonyl (C=O) groups is 2. The molecule has 3 rings (SSSR count). The predicted molar refractivity (Wildman–Crippen MR) is 93.4 cm³/mol. The third-order valence-electron chi connectivity index (χ3n) is 3.95. The Bertz CT molecular complexity index is 740. The van der Waals surface area contributed by atoms with Gasteiger partial charge in [0.1, 0.15) is 11.4 Å². The van der Waals surface area contributed by atoms with E-state index in [9.17, 15) is 9.59 Å². The molecule has 1 aromatic carbocycles. The van der Waals surface area contributed by atoms with Crippen molar-refractivity contribution in [2.45, 2.75) is 19.3 Å². The summed E-state index contributed by atoms with van der Waals surface area (Å²) in [4.78, 5) is 30.8. The van der Waals surface area contributed by atoms with E-state index in [1.807, 2.05) is 0 Å². The summed E-state index contributed by atoms with van der Waals surface area (Å²) in [6, 6.07) is 11.7. The maximum atomic E-state index is 12.5. The van der Waals surface area contributed by atoms with Crippen molar-refractivity contribution < 1.29 is 9.59 Å². The molecule has 2 amide bonds. The lowest BCUT2D eigenvalue weighted by molar-refractivity contribution is 0.0718. The van der Waals surface area contributed by atoms with Crippen molar-refractivity contribution in [1.29, 1.82) is 0 Å². The number of rotatable bonds is 3. The summed E-state index contributed by atoms with van der Waals surface area (Å²) in [5, 5.41) is 3.34. The van der Waals surface area contributed by atoms with E-state index in [2.05, 4.69) is 10.3 Å². The molecule has 0 radical (unpaired) electrons. The fourth-order valence-corrected chi connectivity index (χ4v) is 2.79. The Morgan fingerprint density at radius 1 is 0.958 bits per heavy atom. The van der Waals surface area contributed by atoms with Crippen LogP contribution in [0.25, 0.3) is 0 Å². The van der Waals surface area contributed by atoms with Gasteiger partial charge in [0.25, 0.3) is 11.8 Å². The summed E-state index contributed by atoms with van der Waals surface area (Å²) in [6.07, 6.45) is 3.19. The second-order valence-electron chi connectivity index (χ2n) is 5.72. The lowest BCUT2D eigenvalue weighted by Gasteiger charge is -2.26. The summed E-state index contributed by atoms with van der Waals surface area (Å²) < 4.78 is 0. The molecule has 0 bridgehead atoms. The van der Waals surface area contributed by atoms with Gasteiger partial charge >= 0.3 is 0 Å². The summed E-state index contributed by atoms with van der Waals surface area (Å²) in [5.41, 5.74) is 1.15. The van der Waals surface area contributed by atoms with Gasteiger partial charge in [-0.15, -0.1) is 0 Å². The smallest absolute Gasteiger partial charge is 0.274 e. The summed E-state index contributed by atoms with van der Waals surface area (Å²) >= 11 is 5.83. The normalized spacial score (nSPS) is 14.3. The van der Waals surface area contributed by atoms with Crippen molar-refractivity contribution in [2.75, 3.05) is 18.4 Å². The number of likely N-dealkylation sites (tertiary alicyclic amines) is 1. The number of halogens is 1. The number of benzene rings is 1. The summed E-state index contributed by atoms with van der Waals surface area (Å²) in [6.45, 7) is 1.50. The van der Waals surface area contributed by atoms with E-state index in [0.717, 1.165) is 32.4 Å². The molecular weight excluding hydrogens is 326 g/mol. The predicted octanol–water partition coefficient (Wildman–Crippen LogP) is 3.61. The molecule has 1 saturated heterocycles. The van der Waals surface area contributed by atoms with E-state index in [0.29, 0.717) is 16.4 Å². The number of nitrogens with zero attached hydrogens (tertiary/aromatic N) is 2. The van der Waals surface area contributed by atoms with Crippen LogP contribution >= 0.6 is 11.6 Å². The molecule has 0 atom stereocenters. The second kappa shape index (κ2) is 7.45. The standard InChI is InChI=1S/C18H18ClN3O2/c19-13-7-9-14(10-8-13)20-17(23)15-5-4-6-16(21-15)18(24)22-11-2-1-3-12-22/h4-10H,1-3,11-12H2,(H,20,23). The Balaban J connectivity index is 1.73. The molecule has 1 aliphatic rings. The number of hydrogen-bond acceptors (Lipinski definition) is 3. The van der Waals surface area contributed by atoms with Crippen LogP contribution in [-0.4, -0.2) is 34.8 Å². The molecule has 2 aromatic rings. The van der Waals surface area contributed by atoms with Crippen molar-refractivity contribution in [3.8, 4) is 0 Å². The number of anilines is 1. The first-order valence-electron chi connectivity index (χ1n) is 7.97. The SMILES string of the molecule is O=C(Nc1ccc(Cl)cc1)c1cccc(C(=O)N2CCCCC2)n1. The first-order chi connectivity index (χ1) is 11.6. The van der Waals surface area contributed by atoms with Crippen LogP contribution in [0.3, 0.4) is 0 Å². The van der Waals surface area contributed by atoms with Gasteiger partial charge < -0.3 is 10.2 Å². The Hall–Kier alpha value is -2.40. The molecule has 2 heterocycles. The minimum Gasteiger partial charge on any atom is -0.337 e. The van der Waals surface area contributed by atoms with Crippen LogP contribution in [0.15, 0.2) is 42.5 Å². The van der Waals surface area contributed by atoms with Crippen molar-refractivity contribution >= 4 is 29.1 Å². The van der Waals surface area contributed by atoms with Crippen LogP contribution in [0.5, 0.6) is 0 Å². The Labute approximate surface area is 145 Å². The maximum Gasteiger partial charge on any atom is 0.274 e. The van der Waals surface area contributed by atoms with E-state index < -0.39 is 0 Å². The van der Waals surface area contributed by atoms with Crippen molar-refractivity contribution in [2.24, 2.45) is 0 Å². The van der Waals surface area contributed by atoms with E-state index in [4.69, 9.17) is 11.6 Å². The topological polar surface area (TPSA) is 62.3 Å². The molecule has 0 spiro atoms. The number of hydrogen-bond donors (Lipinski definition) is 1. The van der Waals surface area contributed by atoms with Crippen LogP contribution in [0.2, 0.25) is 5.02 Å². The number of amides is 2. The summed E-state index contributed by atoms with van der Waals surface area (Å²) in [7, 11) is 0. The molecule has 24 heavy (non-hydrogen) atoms. The first kappa shape index (κ1) is 16.5. The lowest BCUT2D eigenvalue weighted by Crippen LogP contribution is -2.36. The first-order valence-corrected chi connectivity index (χ1v) is 8.34. The number of nitrogens with one attached hydrogen (secondary N) is 1. The minimum atomic E-state index is -0.356. The zero-order chi connectivity index (χ0) is 16.9. The molecule has 6 heteroatoms. The zero-order valence-corrected chi connectivity index (χ0v) is 13.9. The highest BCUT2D eigenvalue weighted by molar-refractivity contribution is 6.30. The highest BCUT2D eigenvalue weighted by Crippen LogP contribution is 2.15. The van der Waals surface area contributed by atoms with E-state index >= 15 is 0 Å². The third-order valence-corrected chi connectivity index (χ3v) is 4.20. The zero-order valence-electron chi connectivity index (χ0n) is 13.2. The average molecular weight is 344 g/mol. The molecule has 0 unspecified atom stereocenters. The van der Waals surface area contributed by atoms with Gasteiger partial charge in [0.05, 0.1) is 0 Å². The fourth-order valence-electron chi connectivity index (χ4n) is 2.67. The van der Waals surface area contributed by atoms with Crippen LogP contribution in [0, 0.1) is 0 Å². The lowest BCUT2D eigenvalue weighted by atomic mass is 10.1. The van der Waals surface area contributed by atoms with Crippen molar-refractivity contribution in [1.82, 2.24) is 9.88 Å². The molecule has 5 nitrogen and oxygen atoms in total. The number of pyridine rings is 1. The Morgan fingerprint density at radius 2 is 1.62 bits per heavy atom. The van der Waals surface area contributed by atoms with Gasteiger partial charge in [-0.2, -0.15) is 0 Å². The molecule has 1 fully saturated rings. The largest absolute Gasteiger partial charge is 0.337 e. The van der Waals surface area contributed by atoms with Crippen LogP contribution in [-0.2, 0) is 0 Å². The van der Waals surface area contributed by atoms with Crippen LogP contribution in [0.1, 0.15) is 40.2 Å². The van der Waals surface area contributed by atoms with Crippen molar-refractivity contribution in [3.05, 3.63) is 58.9 Å². The van der Waals surface area contributed by atoms with Gasteiger partial charge in [-0.3, -0.25) is 9.59 Å². The molecule has 1 N–H and O–H groups in total. The number of carbonyl (C=O) groups excluding carboxylic acids is 2. The van der Waals surface area contributed by atoms with E-state index in [1.165, 1.54) is 0 Å². The fraction of sp³-hybridized carbons (Fsp3) is 0.278. The van der Waals surface area contributed by atoms with Gasteiger partial charge in [-0.25, -0.2) is 4.98 Å². The monoisotopic (exact) mass is 343 g/mol. The molecule has 1 aromatic heterocycles. The quantitative estimate of drug-likeness (QED) is 0.926. The average Bonchev–Trinajstić information content (AvgIpc) is 2.64. The maximum absolute atomic E-state index is 12.5. The molecule has 1 aliphatic heterocycles. The van der Waals surface area contributed by atoms with Gasteiger partial charge in [0.2, 0.25) is 0 Å². The van der Waals surface area contributed by atoms with Gasteiger partial charge in [0, 0.05) is 23.8 Å². The molecular formula is C18H18ClN3O2. The van der Waals surface area contributed by atoms with Gasteiger partial charge in [-0.05, 0) is 55.7 Å². The minimum absolute atomic E-state index is 0.115. The highest BCUT2D eigenvalue weighted by atomic mass is 35.5. The number of piperidine rings is 1. The van der Waals surface area contributed by atoms with Crippen LogP contribution in [0.4, 0.5) is 5.69 Å². The highest BCUT2D eigenvalue weighted by Gasteiger charge is 2.20. The van der Waals surface area contributed by atoms with E-state index in [1.54, 1.807) is 47.4 Å². The van der Waals surface area contributed by atoms with E-state index in [-0.39, 0.29) is 17.5 Å². The van der Waals surface area contributed by atoms with Crippen molar-refractivity contribution in [3.63, 3.8) is 0 Å². The molecule has 124 valence electrons. The molecule has 0 aliphatic carbocycles. The Kier molecular flexibility index (Phi) is 5.11. The van der Waals surface area contributed by atoms with Crippen LogP contribution < -0.4 is 5.32 Å². The third kappa shape index (κ3) is 3.92. The Morgan fingerprint density at radius 3 is 2.33 bits per heavy atom. The number of aromatic nitrogens is 1.